The van der Waals surface area contributed by atoms with Gasteiger partial charge in [0.1, 0.15) is 11.9 Å². The molecule has 1 aromatic rings. The minimum atomic E-state index is 0.0827. The molecule has 1 aliphatic carbocycles. The first-order valence-corrected chi connectivity index (χ1v) is 4.94. The Bertz CT molecular complexity index is 357. The lowest BCUT2D eigenvalue weighted by Gasteiger charge is -2.05. The van der Waals surface area contributed by atoms with E-state index in [9.17, 15) is 4.79 Å². The monoisotopic (exact) mass is 190 g/mol. The van der Waals surface area contributed by atoms with Crippen LogP contribution in [0.5, 0.6) is 5.75 Å². The summed E-state index contributed by atoms with van der Waals surface area (Å²) in [6, 6.07) is 7.38. The fourth-order valence-corrected chi connectivity index (χ4v) is 1.42. The van der Waals surface area contributed by atoms with Gasteiger partial charge in [-0.1, -0.05) is 19.1 Å². The van der Waals surface area contributed by atoms with Crippen molar-refractivity contribution in [3.63, 3.8) is 0 Å². The number of carbonyl (C=O) groups is 1. The second-order valence-electron chi connectivity index (χ2n) is 3.95. The van der Waals surface area contributed by atoms with E-state index in [1.165, 1.54) is 0 Å². The van der Waals surface area contributed by atoms with Gasteiger partial charge < -0.3 is 4.74 Å². The minimum Gasteiger partial charge on any atom is -0.490 e. The third-order valence-electron chi connectivity index (χ3n) is 2.56. The van der Waals surface area contributed by atoms with Crippen LogP contribution in [0.2, 0.25) is 0 Å². The largest absolute Gasteiger partial charge is 0.490 e. The Labute approximate surface area is 83.9 Å². The standard InChI is InChI=1S/C12H14O2/c1-8-6-12(8)14-11-5-3-4-10(7-11)9(2)13/h3-5,7-8,12H,6H2,1-2H3. The van der Waals surface area contributed by atoms with Gasteiger partial charge in [-0.05, 0) is 31.4 Å². The van der Waals surface area contributed by atoms with Crippen LogP contribution >= 0.6 is 0 Å². The predicted molar refractivity (Wildman–Crippen MR) is 54.6 cm³/mol. The minimum absolute atomic E-state index is 0.0827. The summed E-state index contributed by atoms with van der Waals surface area (Å²) in [5.41, 5.74) is 0.718. The highest BCUT2D eigenvalue weighted by molar-refractivity contribution is 5.94. The van der Waals surface area contributed by atoms with Crippen molar-refractivity contribution in [3.05, 3.63) is 29.8 Å². The van der Waals surface area contributed by atoms with E-state index in [-0.39, 0.29) is 5.78 Å². The number of Topliss-reactive ketones (excluding diaryl/α,β-unsaturated/α-hetero) is 1. The molecule has 0 saturated heterocycles. The van der Waals surface area contributed by atoms with E-state index in [0.29, 0.717) is 12.0 Å². The van der Waals surface area contributed by atoms with Gasteiger partial charge in [-0.25, -0.2) is 0 Å². The lowest BCUT2D eigenvalue weighted by Crippen LogP contribution is -2.00. The number of carbonyl (C=O) groups excluding carboxylic acids is 1. The zero-order valence-electron chi connectivity index (χ0n) is 8.49. The number of ketones is 1. The van der Waals surface area contributed by atoms with Gasteiger partial charge in [-0.2, -0.15) is 0 Å². The first-order chi connectivity index (χ1) is 6.66. The lowest BCUT2D eigenvalue weighted by atomic mass is 10.1. The van der Waals surface area contributed by atoms with Gasteiger partial charge in [-0.15, -0.1) is 0 Å². The molecule has 14 heavy (non-hydrogen) atoms. The molecule has 2 atom stereocenters. The summed E-state index contributed by atoms with van der Waals surface area (Å²) < 4.78 is 5.68. The maximum absolute atomic E-state index is 11.1. The van der Waals surface area contributed by atoms with Crippen molar-refractivity contribution in [1.29, 1.82) is 0 Å². The Balaban J connectivity index is 2.10. The van der Waals surface area contributed by atoms with Crippen LogP contribution in [0.25, 0.3) is 0 Å². The SMILES string of the molecule is CC(=O)c1cccc(OC2CC2C)c1. The molecule has 1 aromatic carbocycles. The van der Waals surface area contributed by atoms with E-state index in [1.807, 2.05) is 24.3 Å². The van der Waals surface area contributed by atoms with E-state index >= 15 is 0 Å². The molecule has 0 aromatic heterocycles. The molecule has 2 unspecified atom stereocenters. The summed E-state index contributed by atoms with van der Waals surface area (Å²) >= 11 is 0. The summed E-state index contributed by atoms with van der Waals surface area (Å²) in [5.74, 6) is 1.56. The lowest BCUT2D eigenvalue weighted by molar-refractivity contribution is 0.101. The van der Waals surface area contributed by atoms with Crippen molar-refractivity contribution in [2.75, 3.05) is 0 Å². The quantitative estimate of drug-likeness (QED) is 0.685. The molecule has 1 aliphatic rings. The van der Waals surface area contributed by atoms with Crippen molar-refractivity contribution >= 4 is 5.78 Å². The number of benzene rings is 1. The second-order valence-corrected chi connectivity index (χ2v) is 3.95. The number of rotatable bonds is 3. The molecule has 0 heterocycles. The molecule has 1 fully saturated rings. The second kappa shape index (κ2) is 3.45. The van der Waals surface area contributed by atoms with Gasteiger partial charge in [0, 0.05) is 5.56 Å². The number of hydrogen-bond donors (Lipinski definition) is 0. The fraction of sp³-hybridized carbons (Fsp3) is 0.417. The predicted octanol–water partition coefficient (Wildman–Crippen LogP) is 2.68. The molecular formula is C12H14O2. The summed E-state index contributed by atoms with van der Waals surface area (Å²) in [5, 5.41) is 0. The van der Waals surface area contributed by atoms with E-state index in [0.717, 1.165) is 17.7 Å². The van der Waals surface area contributed by atoms with Gasteiger partial charge in [0.2, 0.25) is 0 Å². The van der Waals surface area contributed by atoms with E-state index in [2.05, 4.69) is 6.92 Å². The van der Waals surface area contributed by atoms with Crippen LogP contribution in [-0.2, 0) is 0 Å². The summed E-state index contributed by atoms with van der Waals surface area (Å²) in [7, 11) is 0. The number of ether oxygens (including phenoxy) is 1. The van der Waals surface area contributed by atoms with Crippen LogP contribution in [0.3, 0.4) is 0 Å². The zero-order valence-corrected chi connectivity index (χ0v) is 8.49. The molecule has 0 N–H and O–H groups in total. The third-order valence-corrected chi connectivity index (χ3v) is 2.56. The van der Waals surface area contributed by atoms with Crippen LogP contribution in [0.15, 0.2) is 24.3 Å². The Morgan fingerprint density at radius 2 is 2.21 bits per heavy atom. The highest BCUT2D eigenvalue weighted by Gasteiger charge is 2.34. The van der Waals surface area contributed by atoms with E-state index in [1.54, 1.807) is 6.92 Å². The molecule has 0 bridgehead atoms. The van der Waals surface area contributed by atoms with Crippen LogP contribution in [-0.4, -0.2) is 11.9 Å². The normalized spacial score (nSPS) is 24.4. The highest BCUT2D eigenvalue weighted by atomic mass is 16.5. The molecule has 0 aliphatic heterocycles. The molecular weight excluding hydrogens is 176 g/mol. The Kier molecular flexibility index (Phi) is 2.28. The molecule has 1 saturated carbocycles. The highest BCUT2D eigenvalue weighted by Crippen LogP contribution is 2.34. The van der Waals surface area contributed by atoms with Crippen molar-refractivity contribution in [3.8, 4) is 5.75 Å². The number of hydrogen-bond acceptors (Lipinski definition) is 2. The van der Waals surface area contributed by atoms with Crippen molar-refractivity contribution in [2.45, 2.75) is 26.4 Å². The Morgan fingerprint density at radius 3 is 2.79 bits per heavy atom. The summed E-state index contributed by atoms with van der Waals surface area (Å²) in [6.07, 6.45) is 1.49. The first kappa shape index (κ1) is 9.25. The molecule has 0 spiro atoms. The molecule has 2 rings (SSSR count). The van der Waals surface area contributed by atoms with Gasteiger partial charge in [0.25, 0.3) is 0 Å². The molecule has 0 radical (unpaired) electrons. The van der Waals surface area contributed by atoms with E-state index in [4.69, 9.17) is 4.74 Å². The average molecular weight is 190 g/mol. The average Bonchev–Trinajstić information content (AvgIpc) is 2.82. The maximum Gasteiger partial charge on any atom is 0.159 e. The van der Waals surface area contributed by atoms with Crippen LogP contribution in [0.4, 0.5) is 0 Å². The molecule has 2 heteroatoms. The fourth-order valence-electron chi connectivity index (χ4n) is 1.42. The molecule has 74 valence electrons. The van der Waals surface area contributed by atoms with E-state index < -0.39 is 0 Å². The zero-order chi connectivity index (χ0) is 10.1. The molecule has 0 amide bonds. The summed E-state index contributed by atoms with van der Waals surface area (Å²) in [6.45, 7) is 3.73. The van der Waals surface area contributed by atoms with Crippen molar-refractivity contribution in [1.82, 2.24) is 0 Å². The smallest absolute Gasteiger partial charge is 0.159 e. The summed E-state index contributed by atoms with van der Waals surface area (Å²) in [4.78, 5) is 11.1. The van der Waals surface area contributed by atoms with Crippen LogP contribution in [0, 0.1) is 5.92 Å². The van der Waals surface area contributed by atoms with Crippen LogP contribution in [0.1, 0.15) is 30.6 Å². The first-order valence-electron chi connectivity index (χ1n) is 4.94. The molecule has 2 nitrogen and oxygen atoms in total. The van der Waals surface area contributed by atoms with Crippen molar-refractivity contribution in [2.24, 2.45) is 5.92 Å². The Morgan fingerprint density at radius 1 is 1.50 bits per heavy atom. The van der Waals surface area contributed by atoms with Crippen LogP contribution < -0.4 is 4.74 Å². The third kappa shape index (κ3) is 1.95. The van der Waals surface area contributed by atoms with Crippen molar-refractivity contribution < 1.29 is 9.53 Å². The van der Waals surface area contributed by atoms with Gasteiger partial charge in [0.05, 0.1) is 0 Å². The van der Waals surface area contributed by atoms with Gasteiger partial charge in [-0.3, -0.25) is 4.79 Å². The van der Waals surface area contributed by atoms with Gasteiger partial charge in [0.15, 0.2) is 5.78 Å². The maximum atomic E-state index is 11.1. The topological polar surface area (TPSA) is 26.3 Å². The Hall–Kier alpha value is -1.31. The van der Waals surface area contributed by atoms with Gasteiger partial charge >= 0.3 is 0 Å².